The predicted molar refractivity (Wildman–Crippen MR) is 115 cm³/mol. The highest BCUT2D eigenvalue weighted by Crippen LogP contribution is 2.40. The predicted octanol–water partition coefficient (Wildman–Crippen LogP) is 5.52. The van der Waals surface area contributed by atoms with Crippen molar-refractivity contribution in [2.24, 2.45) is 10.2 Å². The molecule has 0 aliphatic carbocycles. The average molecular weight is 456 g/mol. The zero-order valence-electron chi connectivity index (χ0n) is 15.7. The van der Waals surface area contributed by atoms with E-state index in [1.54, 1.807) is 24.3 Å². The molecular weight excluding hydrogens is 442 g/mol. The van der Waals surface area contributed by atoms with Crippen molar-refractivity contribution in [1.29, 1.82) is 0 Å². The largest absolute Gasteiger partial charge is 0.505 e. The highest BCUT2D eigenvalue weighted by atomic mass is 35.5. The summed E-state index contributed by atoms with van der Waals surface area (Å²) in [6, 6.07) is 16.5. The molecule has 31 heavy (non-hydrogen) atoms. The number of furan rings is 1. The quantitative estimate of drug-likeness (QED) is 0.303. The number of nitrogens with zero attached hydrogens (tertiary/aromatic N) is 2. The molecule has 10 heteroatoms. The first-order valence-electron chi connectivity index (χ1n) is 8.88. The van der Waals surface area contributed by atoms with E-state index in [2.05, 4.69) is 15.0 Å². The fourth-order valence-corrected chi connectivity index (χ4v) is 4.07. The van der Waals surface area contributed by atoms with Crippen molar-refractivity contribution in [2.75, 3.05) is 4.72 Å². The van der Waals surface area contributed by atoms with Crippen LogP contribution in [0, 0.1) is 0 Å². The summed E-state index contributed by atoms with van der Waals surface area (Å²) in [6.07, 6.45) is 1.32. The van der Waals surface area contributed by atoms with Crippen LogP contribution in [0.4, 0.5) is 11.4 Å². The lowest BCUT2D eigenvalue weighted by Crippen LogP contribution is -2.13. The van der Waals surface area contributed by atoms with Gasteiger partial charge in [-0.15, -0.1) is 10.2 Å². The van der Waals surface area contributed by atoms with Crippen LogP contribution in [0.5, 0.6) is 5.75 Å². The first-order valence-corrected chi connectivity index (χ1v) is 10.7. The number of nitrogens with one attached hydrogen (secondary N) is 1. The van der Waals surface area contributed by atoms with Crippen molar-refractivity contribution < 1.29 is 22.7 Å². The Kier molecular flexibility index (Phi) is 5.45. The molecule has 4 aromatic rings. The van der Waals surface area contributed by atoms with Crippen LogP contribution in [-0.2, 0) is 10.0 Å². The number of sulfonamides is 1. The molecule has 0 bridgehead atoms. The van der Waals surface area contributed by atoms with Gasteiger partial charge >= 0.3 is 5.91 Å². The summed E-state index contributed by atoms with van der Waals surface area (Å²) < 4.78 is 33.1. The van der Waals surface area contributed by atoms with Crippen LogP contribution in [-0.4, -0.2) is 19.4 Å². The van der Waals surface area contributed by atoms with Gasteiger partial charge in [-0.2, -0.15) is 0 Å². The number of anilines is 1. The van der Waals surface area contributed by atoms with Crippen molar-refractivity contribution in [3.05, 3.63) is 83.8 Å². The smallest absolute Gasteiger partial charge is 0.331 e. The van der Waals surface area contributed by atoms with Gasteiger partial charge in [0.05, 0.1) is 16.8 Å². The Morgan fingerprint density at radius 2 is 1.71 bits per heavy atom. The van der Waals surface area contributed by atoms with Gasteiger partial charge in [0.1, 0.15) is 5.69 Å². The lowest BCUT2D eigenvalue weighted by Gasteiger charge is -2.13. The zero-order valence-corrected chi connectivity index (χ0v) is 17.3. The van der Waals surface area contributed by atoms with Gasteiger partial charge in [0, 0.05) is 15.8 Å². The van der Waals surface area contributed by atoms with E-state index in [4.69, 9.17) is 16.0 Å². The third-order valence-electron chi connectivity index (χ3n) is 4.34. The SMILES string of the molecule is O=C(N=Nc1cc(NS(=O)(=O)c2ccc(Cl)cc2)c2ccccc2c1O)c1ccco1. The molecule has 8 nitrogen and oxygen atoms in total. The van der Waals surface area contributed by atoms with Gasteiger partial charge in [-0.3, -0.25) is 9.52 Å². The molecule has 0 saturated carbocycles. The highest BCUT2D eigenvalue weighted by Gasteiger charge is 2.19. The molecule has 1 aromatic heterocycles. The number of phenols is 1. The van der Waals surface area contributed by atoms with E-state index in [1.807, 2.05) is 0 Å². The number of halogens is 1. The Bertz CT molecular complexity index is 1400. The number of rotatable bonds is 5. The maximum absolute atomic E-state index is 12.8. The minimum atomic E-state index is -3.96. The third-order valence-corrected chi connectivity index (χ3v) is 5.98. The van der Waals surface area contributed by atoms with Crippen LogP contribution in [0.2, 0.25) is 5.02 Å². The van der Waals surface area contributed by atoms with Crippen molar-refractivity contribution in [3.8, 4) is 5.75 Å². The molecule has 0 radical (unpaired) electrons. The summed E-state index contributed by atoms with van der Waals surface area (Å²) in [5.74, 6) is -1.02. The number of aromatic hydroxyl groups is 1. The summed E-state index contributed by atoms with van der Waals surface area (Å²) in [5, 5.41) is 19.1. The lowest BCUT2D eigenvalue weighted by molar-refractivity contribution is 0.0968. The van der Waals surface area contributed by atoms with E-state index >= 15 is 0 Å². The monoisotopic (exact) mass is 455 g/mol. The molecule has 156 valence electrons. The third kappa shape index (κ3) is 4.27. The summed E-state index contributed by atoms with van der Waals surface area (Å²) in [5.41, 5.74) is 0.0650. The second-order valence-corrected chi connectivity index (χ2v) is 8.50. The average Bonchev–Trinajstić information content (AvgIpc) is 3.30. The standard InChI is InChI=1S/C21H14ClN3O5S/c22-13-7-9-14(10-8-13)31(28,29)25-17-12-18(20(26)16-5-2-1-4-15(16)17)23-24-21(27)19-6-3-11-30-19/h1-12,25-26H. The fraction of sp³-hybridized carbons (Fsp3) is 0. The van der Waals surface area contributed by atoms with Gasteiger partial charge in [0.25, 0.3) is 10.0 Å². The van der Waals surface area contributed by atoms with E-state index in [9.17, 15) is 18.3 Å². The van der Waals surface area contributed by atoms with Crippen molar-refractivity contribution in [2.45, 2.75) is 4.90 Å². The molecule has 0 saturated heterocycles. The molecule has 0 atom stereocenters. The van der Waals surface area contributed by atoms with Crippen LogP contribution < -0.4 is 4.72 Å². The molecule has 1 amide bonds. The van der Waals surface area contributed by atoms with Crippen LogP contribution >= 0.6 is 11.6 Å². The minimum Gasteiger partial charge on any atom is -0.505 e. The van der Waals surface area contributed by atoms with Gasteiger partial charge < -0.3 is 9.52 Å². The maximum atomic E-state index is 12.8. The number of phenolic OH excluding ortho intramolecular Hbond substituents is 1. The summed E-state index contributed by atoms with van der Waals surface area (Å²) in [4.78, 5) is 12.0. The second kappa shape index (κ2) is 8.21. The normalized spacial score (nSPS) is 11.8. The minimum absolute atomic E-state index is 0.00484. The number of carbonyl (C=O) groups is 1. The maximum Gasteiger partial charge on any atom is 0.331 e. The molecule has 2 N–H and O–H groups in total. The number of hydrogen-bond acceptors (Lipinski definition) is 6. The number of hydrogen-bond donors (Lipinski definition) is 2. The molecule has 0 aliphatic heterocycles. The van der Waals surface area contributed by atoms with Crippen molar-refractivity contribution >= 4 is 49.7 Å². The van der Waals surface area contributed by atoms with E-state index in [0.717, 1.165) is 0 Å². The van der Waals surface area contributed by atoms with E-state index in [1.165, 1.54) is 48.7 Å². The Labute approximate surface area is 181 Å². The molecule has 0 unspecified atom stereocenters. The van der Waals surface area contributed by atoms with Gasteiger partial charge in [-0.1, -0.05) is 35.9 Å². The Morgan fingerprint density at radius 3 is 2.39 bits per heavy atom. The molecule has 0 aliphatic rings. The van der Waals surface area contributed by atoms with Crippen LogP contribution in [0.3, 0.4) is 0 Å². The van der Waals surface area contributed by atoms with Gasteiger partial charge in [0.2, 0.25) is 0 Å². The molecular formula is C21H14ClN3O5S. The van der Waals surface area contributed by atoms with Gasteiger partial charge in [-0.05, 0) is 42.5 Å². The Morgan fingerprint density at radius 1 is 1.00 bits per heavy atom. The number of benzene rings is 3. The second-order valence-electron chi connectivity index (χ2n) is 6.38. The van der Waals surface area contributed by atoms with Crippen molar-refractivity contribution in [3.63, 3.8) is 0 Å². The number of fused-ring (bicyclic) bond motifs is 1. The summed E-state index contributed by atoms with van der Waals surface area (Å²) >= 11 is 5.84. The Balaban J connectivity index is 1.77. The lowest BCUT2D eigenvalue weighted by atomic mass is 10.1. The molecule has 3 aromatic carbocycles. The van der Waals surface area contributed by atoms with Gasteiger partial charge in [0.15, 0.2) is 11.5 Å². The molecule has 4 rings (SSSR count). The summed E-state index contributed by atoms with van der Waals surface area (Å²) in [7, 11) is -3.96. The number of carbonyl (C=O) groups excluding carboxylic acids is 1. The van der Waals surface area contributed by atoms with Crippen LogP contribution in [0.25, 0.3) is 10.8 Å². The highest BCUT2D eigenvalue weighted by molar-refractivity contribution is 7.92. The molecule has 0 spiro atoms. The summed E-state index contributed by atoms with van der Waals surface area (Å²) in [6.45, 7) is 0. The first-order chi connectivity index (χ1) is 14.8. The fourth-order valence-electron chi connectivity index (χ4n) is 2.87. The first kappa shape index (κ1) is 20.6. The molecule has 0 fully saturated rings. The van der Waals surface area contributed by atoms with E-state index in [-0.39, 0.29) is 27.8 Å². The van der Waals surface area contributed by atoms with E-state index < -0.39 is 15.9 Å². The topological polar surface area (TPSA) is 121 Å². The number of azo groups is 1. The Hall–Kier alpha value is -3.69. The number of amides is 1. The van der Waals surface area contributed by atoms with Crippen LogP contribution in [0.1, 0.15) is 10.6 Å². The zero-order chi connectivity index (χ0) is 22.0. The van der Waals surface area contributed by atoms with Gasteiger partial charge in [-0.25, -0.2) is 8.42 Å². The molecule has 1 heterocycles. The van der Waals surface area contributed by atoms with Crippen molar-refractivity contribution in [1.82, 2.24) is 0 Å². The van der Waals surface area contributed by atoms with E-state index in [0.29, 0.717) is 15.8 Å². The van der Waals surface area contributed by atoms with Crippen LogP contribution in [0.15, 0.2) is 92.5 Å².